The van der Waals surface area contributed by atoms with Crippen LogP contribution in [0.2, 0.25) is 5.15 Å². The summed E-state index contributed by atoms with van der Waals surface area (Å²) < 4.78 is 19.5. The molecule has 3 nitrogen and oxygen atoms in total. The predicted molar refractivity (Wildman–Crippen MR) is 66.0 cm³/mol. The third kappa shape index (κ3) is 3.14. The minimum Gasteiger partial charge on any atom is -0.436 e. The molecule has 2 rings (SSSR count). The van der Waals surface area contributed by atoms with Gasteiger partial charge < -0.3 is 4.74 Å². The van der Waals surface area contributed by atoms with Crippen molar-refractivity contribution in [2.45, 2.75) is 6.92 Å². The van der Waals surface area contributed by atoms with Gasteiger partial charge in [0.15, 0.2) is 11.6 Å². The van der Waals surface area contributed by atoms with E-state index in [1.54, 1.807) is 13.0 Å². The van der Waals surface area contributed by atoms with Gasteiger partial charge in [-0.1, -0.05) is 27.5 Å². The Morgan fingerprint density at radius 2 is 2.06 bits per heavy atom. The fourth-order valence-corrected chi connectivity index (χ4v) is 1.78. The number of halogens is 3. The third-order valence-electron chi connectivity index (χ3n) is 1.89. The van der Waals surface area contributed by atoms with E-state index in [2.05, 4.69) is 25.9 Å². The summed E-state index contributed by atoms with van der Waals surface area (Å²) in [7, 11) is 0. The molecule has 0 aliphatic rings. The van der Waals surface area contributed by atoms with Gasteiger partial charge in [0.05, 0.1) is 0 Å². The van der Waals surface area contributed by atoms with Crippen LogP contribution in [0.5, 0.6) is 11.6 Å². The summed E-state index contributed by atoms with van der Waals surface area (Å²) in [5.74, 6) is 0.275. The lowest BCUT2D eigenvalue weighted by Crippen LogP contribution is -1.94. The Hall–Kier alpha value is -1.20. The maximum Gasteiger partial charge on any atom is 0.224 e. The molecule has 0 aliphatic heterocycles. The van der Waals surface area contributed by atoms with E-state index in [0.29, 0.717) is 10.3 Å². The molecular weight excluding hydrogens is 310 g/mol. The lowest BCUT2D eigenvalue weighted by molar-refractivity contribution is 0.425. The van der Waals surface area contributed by atoms with Gasteiger partial charge in [-0.05, 0) is 25.1 Å². The van der Waals surface area contributed by atoms with Crippen molar-refractivity contribution in [3.63, 3.8) is 0 Å². The molecule has 0 unspecified atom stereocenters. The number of aromatic nitrogens is 2. The van der Waals surface area contributed by atoms with Crippen LogP contribution in [0.4, 0.5) is 4.39 Å². The number of hydrogen-bond acceptors (Lipinski definition) is 3. The van der Waals surface area contributed by atoms with Gasteiger partial charge in [-0.15, -0.1) is 0 Å². The Labute approximate surface area is 111 Å². The first-order valence-electron chi connectivity index (χ1n) is 4.69. The molecule has 0 atom stereocenters. The van der Waals surface area contributed by atoms with Gasteiger partial charge in [-0.2, -0.15) is 4.98 Å². The van der Waals surface area contributed by atoms with E-state index in [0.717, 1.165) is 0 Å². The first kappa shape index (κ1) is 12.3. The summed E-state index contributed by atoms with van der Waals surface area (Å²) in [6.45, 7) is 1.68. The highest BCUT2D eigenvalue weighted by Gasteiger charge is 2.08. The minimum absolute atomic E-state index is 0.0774. The molecule has 0 aliphatic carbocycles. The van der Waals surface area contributed by atoms with Gasteiger partial charge >= 0.3 is 0 Å². The predicted octanol–water partition coefficient (Wildman–Crippen LogP) is 4.13. The molecule has 17 heavy (non-hydrogen) atoms. The summed E-state index contributed by atoms with van der Waals surface area (Å²) in [5.41, 5.74) is 0. The highest BCUT2D eigenvalue weighted by atomic mass is 79.9. The largest absolute Gasteiger partial charge is 0.436 e. The van der Waals surface area contributed by atoms with E-state index in [9.17, 15) is 4.39 Å². The Balaban J connectivity index is 2.34. The van der Waals surface area contributed by atoms with Crippen molar-refractivity contribution in [2.75, 3.05) is 0 Å². The van der Waals surface area contributed by atoms with Crippen LogP contribution in [0.3, 0.4) is 0 Å². The van der Waals surface area contributed by atoms with Gasteiger partial charge in [0.1, 0.15) is 11.0 Å². The van der Waals surface area contributed by atoms with Crippen LogP contribution in [0, 0.1) is 12.7 Å². The highest BCUT2D eigenvalue weighted by molar-refractivity contribution is 9.10. The molecule has 2 aromatic rings. The van der Waals surface area contributed by atoms with Crippen LogP contribution >= 0.6 is 27.5 Å². The van der Waals surface area contributed by atoms with E-state index in [1.165, 1.54) is 18.2 Å². The average Bonchev–Trinajstić information content (AvgIpc) is 2.22. The maximum atomic E-state index is 13.4. The van der Waals surface area contributed by atoms with Gasteiger partial charge in [-0.3, -0.25) is 0 Å². The van der Waals surface area contributed by atoms with Crippen LogP contribution in [0.25, 0.3) is 0 Å². The van der Waals surface area contributed by atoms with Crippen molar-refractivity contribution in [3.8, 4) is 11.6 Å². The molecule has 0 amide bonds. The lowest BCUT2D eigenvalue weighted by Gasteiger charge is -2.06. The molecule has 0 saturated carbocycles. The summed E-state index contributed by atoms with van der Waals surface area (Å²) in [5, 5.41) is 0.253. The van der Waals surface area contributed by atoms with Crippen molar-refractivity contribution in [3.05, 3.63) is 45.5 Å². The van der Waals surface area contributed by atoms with Gasteiger partial charge in [0, 0.05) is 10.5 Å². The van der Waals surface area contributed by atoms with Crippen molar-refractivity contribution in [1.29, 1.82) is 0 Å². The van der Waals surface area contributed by atoms with Crippen LogP contribution in [0.1, 0.15) is 5.82 Å². The van der Waals surface area contributed by atoms with Crippen molar-refractivity contribution < 1.29 is 9.13 Å². The molecule has 1 heterocycles. The van der Waals surface area contributed by atoms with E-state index < -0.39 is 5.82 Å². The zero-order valence-corrected chi connectivity index (χ0v) is 11.1. The SMILES string of the molecule is Cc1nc(Cl)cc(Oc2cc(Br)ccc2F)n1. The van der Waals surface area contributed by atoms with Gasteiger partial charge in [-0.25, -0.2) is 9.37 Å². The molecule has 6 heteroatoms. The van der Waals surface area contributed by atoms with E-state index in [1.807, 2.05) is 0 Å². The molecular formula is C11H7BrClFN2O. The van der Waals surface area contributed by atoms with E-state index >= 15 is 0 Å². The van der Waals surface area contributed by atoms with Crippen molar-refractivity contribution in [1.82, 2.24) is 9.97 Å². The lowest BCUT2D eigenvalue weighted by atomic mass is 10.3. The molecule has 0 fully saturated rings. The summed E-state index contributed by atoms with van der Waals surface area (Å²) in [6.07, 6.45) is 0. The molecule has 0 saturated heterocycles. The quantitative estimate of drug-likeness (QED) is 0.781. The number of aryl methyl sites for hydroxylation is 1. The fraction of sp³-hybridized carbons (Fsp3) is 0.0909. The Bertz CT molecular complexity index is 545. The zero-order chi connectivity index (χ0) is 12.4. The maximum absolute atomic E-state index is 13.4. The summed E-state index contributed by atoms with van der Waals surface area (Å²) in [4.78, 5) is 7.89. The minimum atomic E-state index is -0.472. The van der Waals surface area contributed by atoms with Crippen LogP contribution in [-0.2, 0) is 0 Å². The highest BCUT2D eigenvalue weighted by Crippen LogP contribution is 2.27. The average molecular weight is 318 g/mol. The smallest absolute Gasteiger partial charge is 0.224 e. The number of nitrogens with zero attached hydrogens (tertiary/aromatic N) is 2. The second-order valence-electron chi connectivity index (χ2n) is 3.25. The van der Waals surface area contributed by atoms with Crippen LogP contribution in [0.15, 0.2) is 28.7 Å². The van der Waals surface area contributed by atoms with Gasteiger partial charge in [0.2, 0.25) is 5.88 Å². The molecule has 0 N–H and O–H groups in total. The zero-order valence-electron chi connectivity index (χ0n) is 8.75. The Morgan fingerprint density at radius 3 is 2.76 bits per heavy atom. The number of ether oxygens (including phenoxy) is 1. The monoisotopic (exact) mass is 316 g/mol. The number of rotatable bonds is 2. The second-order valence-corrected chi connectivity index (χ2v) is 4.56. The molecule has 0 spiro atoms. The number of benzene rings is 1. The first-order valence-corrected chi connectivity index (χ1v) is 5.86. The third-order valence-corrected chi connectivity index (χ3v) is 2.58. The molecule has 1 aromatic carbocycles. The first-order chi connectivity index (χ1) is 8.04. The van der Waals surface area contributed by atoms with Crippen molar-refractivity contribution >= 4 is 27.5 Å². The fourth-order valence-electron chi connectivity index (χ4n) is 1.23. The molecule has 1 aromatic heterocycles. The van der Waals surface area contributed by atoms with E-state index in [4.69, 9.17) is 16.3 Å². The second kappa shape index (κ2) is 4.98. The molecule has 88 valence electrons. The van der Waals surface area contributed by atoms with E-state index in [-0.39, 0.29) is 16.8 Å². The Kier molecular flexibility index (Phi) is 3.59. The number of hydrogen-bond donors (Lipinski definition) is 0. The van der Waals surface area contributed by atoms with Crippen LogP contribution in [-0.4, -0.2) is 9.97 Å². The van der Waals surface area contributed by atoms with Crippen LogP contribution < -0.4 is 4.74 Å². The summed E-state index contributed by atoms with van der Waals surface area (Å²) >= 11 is 8.99. The standard InChI is InChI=1S/C11H7BrClFN2O/c1-6-15-10(13)5-11(16-6)17-9-4-7(12)2-3-8(9)14/h2-5H,1H3. The van der Waals surface area contributed by atoms with Crippen molar-refractivity contribution in [2.24, 2.45) is 0 Å². The summed E-state index contributed by atoms with van der Waals surface area (Å²) in [6, 6.07) is 5.82. The molecule has 0 radical (unpaired) electrons. The molecule has 0 bridgehead atoms. The Morgan fingerprint density at radius 1 is 1.29 bits per heavy atom. The normalized spacial score (nSPS) is 10.4. The topological polar surface area (TPSA) is 35.0 Å². The van der Waals surface area contributed by atoms with Gasteiger partial charge in [0.25, 0.3) is 0 Å².